The highest BCUT2D eigenvalue weighted by Gasteiger charge is 2.30. The number of piperidine rings is 1. The maximum Gasteiger partial charge on any atom is 0.246 e. The number of hydrogen-bond acceptors (Lipinski definition) is 6. The number of aromatic nitrogens is 2. The van der Waals surface area contributed by atoms with E-state index in [-0.39, 0.29) is 10.8 Å². The lowest BCUT2D eigenvalue weighted by atomic mass is 9.87. The van der Waals surface area contributed by atoms with Crippen molar-refractivity contribution >= 4 is 16.0 Å². The van der Waals surface area contributed by atoms with Gasteiger partial charge in [0.25, 0.3) is 0 Å². The fourth-order valence-electron chi connectivity index (χ4n) is 2.46. The van der Waals surface area contributed by atoms with Gasteiger partial charge in [-0.15, -0.1) is 0 Å². The van der Waals surface area contributed by atoms with Gasteiger partial charge in [0.15, 0.2) is 0 Å². The van der Waals surface area contributed by atoms with Crippen molar-refractivity contribution in [3.63, 3.8) is 0 Å². The average molecular weight is 299 g/mol. The van der Waals surface area contributed by atoms with Gasteiger partial charge >= 0.3 is 0 Å². The zero-order valence-electron chi connectivity index (χ0n) is 11.8. The van der Waals surface area contributed by atoms with Crippen molar-refractivity contribution in [3.05, 3.63) is 12.4 Å². The van der Waals surface area contributed by atoms with Crippen LogP contribution in [0.3, 0.4) is 0 Å². The fraction of sp³-hybridized carbons (Fsp3) is 0.667. The van der Waals surface area contributed by atoms with Gasteiger partial charge in [-0.2, -0.15) is 4.31 Å². The Kier molecular flexibility index (Phi) is 4.56. The summed E-state index contributed by atoms with van der Waals surface area (Å²) in [5, 5.41) is 0. The maximum absolute atomic E-state index is 12.5. The van der Waals surface area contributed by atoms with E-state index < -0.39 is 10.0 Å². The van der Waals surface area contributed by atoms with E-state index in [9.17, 15) is 8.42 Å². The van der Waals surface area contributed by atoms with Crippen LogP contribution < -0.4 is 11.3 Å². The van der Waals surface area contributed by atoms with Crippen molar-refractivity contribution in [3.8, 4) is 0 Å². The summed E-state index contributed by atoms with van der Waals surface area (Å²) in [6.45, 7) is 5.48. The van der Waals surface area contributed by atoms with Gasteiger partial charge in [-0.05, 0) is 24.7 Å². The van der Waals surface area contributed by atoms with Crippen molar-refractivity contribution in [2.75, 3.05) is 18.5 Å². The van der Waals surface area contributed by atoms with Gasteiger partial charge in [0.05, 0.1) is 12.4 Å². The molecule has 0 saturated carbocycles. The van der Waals surface area contributed by atoms with Crippen molar-refractivity contribution in [2.45, 2.75) is 31.6 Å². The lowest BCUT2D eigenvalue weighted by Gasteiger charge is -2.32. The van der Waals surface area contributed by atoms with Gasteiger partial charge in [-0.1, -0.05) is 13.8 Å². The Morgan fingerprint density at radius 2 is 1.85 bits per heavy atom. The Hall–Kier alpha value is -1.25. The molecule has 1 aromatic heterocycles. The quantitative estimate of drug-likeness (QED) is 0.630. The Labute approximate surface area is 119 Å². The second-order valence-electron chi connectivity index (χ2n) is 5.37. The molecule has 0 aliphatic carbocycles. The van der Waals surface area contributed by atoms with Crippen molar-refractivity contribution < 1.29 is 8.42 Å². The van der Waals surface area contributed by atoms with E-state index in [2.05, 4.69) is 29.2 Å². The van der Waals surface area contributed by atoms with E-state index in [0.717, 1.165) is 12.8 Å². The summed E-state index contributed by atoms with van der Waals surface area (Å²) in [5.41, 5.74) is 2.27. The van der Waals surface area contributed by atoms with Crippen LogP contribution in [0.2, 0.25) is 0 Å². The van der Waals surface area contributed by atoms with Gasteiger partial charge in [0.2, 0.25) is 16.0 Å². The van der Waals surface area contributed by atoms with Crippen LogP contribution in [0, 0.1) is 11.8 Å². The molecule has 1 aliphatic heterocycles. The first kappa shape index (κ1) is 15.1. The Bertz CT molecular complexity index is 535. The number of rotatable bonds is 4. The van der Waals surface area contributed by atoms with Crippen LogP contribution in [0.25, 0.3) is 0 Å². The van der Waals surface area contributed by atoms with Crippen LogP contribution in [-0.4, -0.2) is 35.8 Å². The van der Waals surface area contributed by atoms with Crippen LogP contribution in [0.4, 0.5) is 5.95 Å². The molecule has 2 heterocycles. The molecule has 0 unspecified atom stereocenters. The van der Waals surface area contributed by atoms with Gasteiger partial charge in [-0.3, -0.25) is 5.43 Å². The SMILES string of the molecule is CC(C)C1CCN(S(=O)(=O)c2cnc(NN)nc2)CC1. The second-order valence-corrected chi connectivity index (χ2v) is 7.31. The van der Waals surface area contributed by atoms with Crippen LogP contribution in [0.1, 0.15) is 26.7 Å². The maximum atomic E-state index is 12.5. The van der Waals surface area contributed by atoms with Gasteiger partial charge in [0, 0.05) is 13.1 Å². The first-order valence-corrected chi connectivity index (χ1v) is 8.18. The highest BCUT2D eigenvalue weighted by Crippen LogP contribution is 2.27. The zero-order chi connectivity index (χ0) is 14.8. The van der Waals surface area contributed by atoms with Crippen molar-refractivity contribution in [1.82, 2.24) is 14.3 Å². The monoisotopic (exact) mass is 299 g/mol. The topological polar surface area (TPSA) is 101 Å². The third-order valence-corrected chi connectivity index (χ3v) is 5.69. The molecule has 1 aromatic rings. The summed E-state index contributed by atoms with van der Waals surface area (Å²) in [6.07, 6.45) is 4.37. The van der Waals surface area contributed by atoms with Gasteiger partial charge in [-0.25, -0.2) is 24.2 Å². The molecule has 8 heteroatoms. The molecule has 0 spiro atoms. The zero-order valence-corrected chi connectivity index (χ0v) is 12.6. The smallest absolute Gasteiger partial charge is 0.246 e. The summed E-state index contributed by atoms with van der Waals surface area (Å²) in [4.78, 5) is 7.81. The number of anilines is 1. The Balaban J connectivity index is 2.11. The third-order valence-electron chi connectivity index (χ3n) is 3.84. The first-order valence-electron chi connectivity index (χ1n) is 6.74. The van der Waals surface area contributed by atoms with E-state index in [0.29, 0.717) is 24.9 Å². The normalized spacial score (nSPS) is 18.4. The molecular weight excluding hydrogens is 278 g/mol. The molecule has 1 aliphatic rings. The molecule has 1 fully saturated rings. The number of hydrazine groups is 1. The van der Waals surface area contributed by atoms with E-state index in [1.165, 1.54) is 16.7 Å². The second kappa shape index (κ2) is 6.02. The van der Waals surface area contributed by atoms with Crippen LogP contribution in [0.5, 0.6) is 0 Å². The number of nitrogen functional groups attached to an aromatic ring is 1. The molecule has 20 heavy (non-hydrogen) atoms. The van der Waals surface area contributed by atoms with Crippen LogP contribution in [-0.2, 0) is 10.0 Å². The molecule has 0 radical (unpaired) electrons. The number of nitrogens with zero attached hydrogens (tertiary/aromatic N) is 3. The highest BCUT2D eigenvalue weighted by molar-refractivity contribution is 7.89. The molecule has 3 N–H and O–H groups in total. The van der Waals surface area contributed by atoms with Crippen LogP contribution >= 0.6 is 0 Å². The third kappa shape index (κ3) is 3.08. The van der Waals surface area contributed by atoms with E-state index >= 15 is 0 Å². The Morgan fingerprint density at radius 3 is 2.30 bits per heavy atom. The molecule has 0 atom stereocenters. The van der Waals surface area contributed by atoms with E-state index in [1.807, 2.05) is 0 Å². The molecule has 1 saturated heterocycles. The van der Waals surface area contributed by atoms with Crippen molar-refractivity contribution in [1.29, 1.82) is 0 Å². The summed E-state index contributed by atoms with van der Waals surface area (Å²) in [5.74, 6) is 6.55. The predicted molar refractivity (Wildman–Crippen MR) is 76.2 cm³/mol. The Morgan fingerprint density at radius 1 is 1.30 bits per heavy atom. The summed E-state index contributed by atoms with van der Waals surface area (Å²) >= 11 is 0. The molecular formula is C12H21N5O2S. The minimum absolute atomic E-state index is 0.111. The van der Waals surface area contributed by atoms with Crippen LogP contribution in [0.15, 0.2) is 17.3 Å². The molecule has 2 rings (SSSR count). The molecule has 0 bridgehead atoms. The summed E-state index contributed by atoms with van der Waals surface area (Å²) in [7, 11) is -3.50. The number of nitrogens with two attached hydrogens (primary N) is 1. The number of sulfonamides is 1. The number of hydrogen-bond donors (Lipinski definition) is 2. The van der Waals surface area contributed by atoms with Gasteiger partial charge in [0.1, 0.15) is 4.90 Å². The lowest BCUT2D eigenvalue weighted by Crippen LogP contribution is -2.39. The van der Waals surface area contributed by atoms with E-state index in [1.54, 1.807) is 0 Å². The molecule has 0 amide bonds. The van der Waals surface area contributed by atoms with E-state index in [4.69, 9.17) is 5.84 Å². The first-order chi connectivity index (χ1) is 9.45. The summed E-state index contributed by atoms with van der Waals surface area (Å²) in [6, 6.07) is 0. The molecule has 0 aromatic carbocycles. The predicted octanol–water partition coefficient (Wildman–Crippen LogP) is 0.819. The average Bonchev–Trinajstić information content (AvgIpc) is 2.47. The minimum atomic E-state index is -3.50. The largest absolute Gasteiger partial charge is 0.292 e. The summed E-state index contributed by atoms with van der Waals surface area (Å²) < 4.78 is 26.4. The van der Waals surface area contributed by atoms with Crippen molar-refractivity contribution in [2.24, 2.45) is 17.7 Å². The van der Waals surface area contributed by atoms with Gasteiger partial charge < -0.3 is 0 Å². The standard InChI is InChI=1S/C12H21N5O2S/c1-9(2)10-3-5-17(6-4-10)20(18,19)11-7-14-12(16-13)15-8-11/h7-10H,3-6,13H2,1-2H3,(H,14,15,16). The highest BCUT2D eigenvalue weighted by atomic mass is 32.2. The fourth-order valence-corrected chi connectivity index (χ4v) is 3.82. The number of nitrogens with one attached hydrogen (secondary N) is 1. The molecule has 7 nitrogen and oxygen atoms in total. The molecule has 112 valence electrons. The lowest BCUT2D eigenvalue weighted by molar-refractivity contribution is 0.226. The minimum Gasteiger partial charge on any atom is -0.292 e.